The Morgan fingerprint density at radius 1 is 1.22 bits per heavy atom. The highest BCUT2D eigenvalue weighted by molar-refractivity contribution is 5.94. The normalized spacial score (nSPS) is 10.7. The van der Waals surface area contributed by atoms with Crippen LogP contribution in [0, 0.1) is 0 Å². The maximum Gasteiger partial charge on any atom is 0.253 e. The number of carbonyl (C=O) groups excluding carboxylic acids is 1. The summed E-state index contributed by atoms with van der Waals surface area (Å²) in [6.07, 6.45) is 0. The molecule has 0 saturated heterocycles. The quantitative estimate of drug-likeness (QED) is 0.810. The fourth-order valence-electron chi connectivity index (χ4n) is 1.82. The second kappa shape index (κ2) is 6.40. The van der Waals surface area contributed by atoms with Gasteiger partial charge in [0.1, 0.15) is 0 Å². The number of hydrogen-bond donors (Lipinski definition) is 1. The fraction of sp³-hybridized carbons (Fsp3) is 0.500. The summed E-state index contributed by atoms with van der Waals surface area (Å²) in [4.78, 5) is 15.6. The Hall–Kier alpha value is -1.55. The number of nitrogen functional groups attached to an aromatic ring is 1. The second-order valence-corrected chi connectivity index (χ2v) is 4.57. The predicted octanol–water partition coefficient (Wildman–Crippen LogP) is 1.81. The third-order valence-electron chi connectivity index (χ3n) is 3.09. The fourth-order valence-corrected chi connectivity index (χ4v) is 1.82. The van der Waals surface area contributed by atoms with E-state index in [2.05, 4.69) is 18.7 Å². The van der Waals surface area contributed by atoms with E-state index in [0.29, 0.717) is 11.3 Å². The van der Waals surface area contributed by atoms with E-state index in [1.54, 1.807) is 25.1 Å². The van der Waals surface area contributed by atoms with Crippen LogP contribution in [0.4, 0.5) is 5.69 Å². The van der Waals surface area contributed by atoms with Crippen molar-refractivity contribution in [2.45, 2.75) is 20.4 Å². The molecule has 0 saturated carbocycles. The van der Waals surface area contributed by atoms with Gasteiger partial charge in [-0.15, -0.1) is 0 Å². The lowest BCUT2D eigenvalue weighted by molar-refractivity contribution is 0.0827. The zero-order valence-electron chi connectivity index (χ0n) is 11.7. The summed E-state index contributed by atoms with van der Waals surface area (Å²) in [5, 5.41) is 0. The van der Waals surface area contributed by atoms with Crippen molar-refractivity contribution in [3.05, 3.63) is 29.3 Å². The summed E-state index contributed by atoms with van der Waals surface area (Å²) in [6, 6.07) is 5.56. The molecule has 0 heterocycles. The molecule has 4 nitrogen and oxygen atoms in total. The summed E-state index contributed by atoms with van der Waals surface area (Å²) in [6.45, 7) is 7.07. The van der Waals surface area contributed by atoms with Crippen LogP contribution in [-0.2, 0) is 6.54 Å². The van der Waals surface area contributed by atoms with Gasteiger partial charge in [-0.1, -0.05) is 19.9 Å². The van der Waals surface area contributed by atoms with Gasteiger partial charge in [0.2, 0.25) is 0 Å². The molecule has 1 rings (SSSR count). The van der Waals surface area contributed by atoms with E-state index in [0.717, 1.165) is 25.2 Å². The molecule has 100 valence electrons. The van der Waals surface area contributed by atoms with Crippen LogP contribution < -0.4 is 5.73 Å². The Bertz CT molecular complexity index is 412. The standard InChI is InChI=1S/C14H23N3O/c1-5-17(6-2)10-12-8-7-11(9-13(12)15)14(18)16(3)4/h7-9H,5-6,10,15H2,1-4H3. The van der Waals surface area contributed by atoms with E-state index in [-0.39, 0.29) is 5.91 Å². The number of nitrogens with zero attached hydrogens (tertiary/aromatic N) is 2. The van der Waals surface area contributed by atoms with Crippen molar-refractivity contribution in [3.63, 3.8) is 0 Å². The minimum atomic E-state index is -0.0175. The molecule has 2 N–H and O–H groups in total. The van der Waals surface area contributed by atoms with E-state index in [4.69, 9.17) is 5.73 Å². The van der Waals surface area contributed by atoms with Gasteiger partial charge in [0.25, 0.3) is 5.91 Å². The highest BCUT2D eigenvalue weighted by Gasteiger charge is 2.11. The molecule has 0 fully saturated rings. The first-order valence-electron chi connectivity index (χ1n) is 6.32. The molecule has 0 spiro atoms. The smallest absolute Gasteiger partial charge is 0.253 e. The van der Waals surface area contributed by atoms with Crippen LogP contribution in [0.5, 0.6) is 0 Å². The van der Waals surface area contributed by atoms with Gasteiger partial charge in [0.15, 0.2) is 0 Å². The van der Waals surface area contributed by atoms with E-state index in [9.17, 15) is 4.79 Å². The average Bonchev–Trinajstić information content (AvgIpc) is 2.36. The van der Waals surface area contributed by atoms with Gasteiger partial charge < -0.3 is 10.6 Å². The number of amides is 1. The molecule has 1 amide bonds. The topological polar surface area (TPSA) is 49.6 Å². The van der Waals surface area contributed by atoms with Gasteiger partial charge in [-0.25, -0.2) is 0 Å². The molecule has 0 bridgehead atoms. The van der Waals surface area contributed by atoms with E-state index >= 15 is 0 Å². The number of rotatable bonds is 5. The Labute approximate surface area is 109 Å². The molecule has 18 heavy (non-hydrogen) atoms. The van der Waals surface area contributed by atoms with Crippen molar-refractivity contribution in [1.82, 2.24) is 9.80 Å². The summed E-state index contributed by atoms with van der Waals surface area (Å²) in [5.41, 5.74) is 8.43. The molecule has 1 aromatic rings. The molecule has 1 aromatic carbocycles. The van der Waals surface area contributed by atoms with Crippen LogP contribution in [0.3, 0.4) is 0 Å². The predicted molar refractivity (Wildman–Crippen MR) is 75.5 cm³/mol. The summed E-state index contributed by atoms with van der Waals surface area (Å²) < 4.78 is 0. The van der Waals surface area contributed by atoms with Gasteiger partial charge in [0.05, 0.1) is 0 Å². The highest BCUT2D eigenvalue weighted by Crippen LogP contribution is 2.17. The van der Waals surface area contributed by atoms with Crippen molar-refractivity contribution < 1.29 is 4.79 Å². The average molecular weight is 249 g/mol. The van der Waals surface area contributed by atoms with Crippen molar-refractivity contribution in [2.24, 2.45) is 0 Å². The van der Waals surface area contributed by atoms with Gasteiger partial charge in [-0.2, -0.15) is 0 Å². The first-order chi connectivity index (χ1) is 8.49. The second-order valence-electron chi connectivity index (χ2n) is 4.57. The van der Waals surface area contributed by atoms with Crippen LogP contribution in [0.25, 0.3) is 0 Å². The van der Waals surface area contributed by atoms with Crippen molar-refractivity contribution in [2.75, 3.05) is 32.9 Å². The number of hydrogen-bond acceptors (Lipinski definition) is 3. The minimum Gasteiger partial charge on any atom is -0.398 e. The van der Waals surface area contributed by atoms with Crippen LogP contribution in [-0.4, -0.2) is 42.9 Å². The van der Waals surface area contributed by atoms with Crippen molar-refractivity contribution >= 4 is 11.6 Å². The lowest BCUT2D eigenvalue weighted by atomic mass is 10.1. The summed E-state index contributed by atoms with van der Waals surface area (Å²) in [5.74, 6) is -0.0175. The number of benzene rings is 1. The van der Waals surface area contributed by atoms with E-state index in [1.807, 2.05) is 12.1 Å². The SMILES string of the molecule is CCN(CC)Cc1ccc(C(=O)N(C)C)cc1N. The van der Waals surface area contributed by atoms with Crippen LogP contribution in [0.1, 0.15) is 29.8 Å². The Kier molecular flexibility index (Phi) is 5.16. The number of carbonyl (C=O) groups is 1. The molecule has 0 unspecified atom stereocenters. The Morgan fingerprint density at radius 2 is 1.83 bits per heavy atom. The molecule has 0 aliphatic carbocycles. The minimum absolute atomic E-state index is 0.0175. The third-order valence-corrected chi connectivity index (χ3v) is 3.09. The lowest BCUT2D eigenvalue weighted by Crippen LogP contribution is -2.24. The molecular formula is C14H23N3O. The number of anilines is 1. The van der Waals surface area contributed by atoms with E-state index < -0.39 is 0 Å². The van der Waals surface area contributed by atoms with E-state index in [1.165, 1.54) is 0 Å². The molecule has 4 heteroatoms. The Morgan fingerprint density at radius 3 is 2.28 bits per heavy atom. The third kappa shape index (κ3) is 3.47. The monoisotopic (exact) mass is 249 g/mol. The zero-order valence-corrected chi connectivity index (χ0v) is 11.7. The van der Waals surface area contributed by atoms with Gasteiger partial charge >= 0.3 is 0 Å². The molecule has 0 aliphatic rings. The molecular weight excluding hydrogens is 226 g/mol. The number of nitrogens with two attached hydrogens (primary N) is 1. The lowest BCUT2D eigenvalue weighted by Gasteiger charge is -2.19. The molecule has 0 atom stereocenters. The van der Waals surface area contributed by atoms with Gasteiger partial charge in [-0.05, 0) is 30.8 Å². The van der Waals surface area contributed by atoms with Crippen LogP contribution in [0.2, 0.25) is 0 Å². The summed E-state index contributed by atoms with van der Waals surface area (Å²) >= 11 is 0. The molecule has 0 radical (unpaired) electrons. The van der Waals surface area contributed by atoms with Gasteiger partial charge in [0, 0.05) is 31.9 Å². The maximum atomic E-state index is 11.8. The largest absolute Gasteiger partial charge is 0.398 e. The Balaban J connectivity index is 2.89. The summed E-state index contributed by atoms with van der Waals surface area (Å²) in [7, 11) is 3.48. The van der Waals surface area contributed by atoms with Crippen molar-refractivity contribution in [1.29, 1.82) is 0 Å². The first kappa shape index (κ1) is 14.5. The maximum absolute atomic E-state index is 11.8. The highest BCUT2D eigenvalue weighted by atomic mass is 16.2. The zero-order chi connectivity index (χ0) is 13.7. The first-order valence-corrected chi connectivity index (χ1v) is 6.32. The van der Waals surface area contributed by atoms with Crippen molar-refractivity contribution in [3.8, 4) is 0 Å². The van der Waals surface area contributed by atoms with Crippen LogP contribution in [0.15, 0.2) is 18.2 Å². The molecule has 0 aromatic heterocycles. The molecule has 0 aliphatic heterocycles. The van der Waals surface area contributed by atoms with Crippen LogP contribution >= 0.6 is 0 Å². The van der Waals surface area contributed by atoms with Gasteiger partial charge in [-0.3, -0.25) is 9.69 Å².